The third-order valence-electron chi connectivity index (χ3n) is 3.91. The number of carbonyl (C=O) groups excluding carboxylic acids is 2. The first-order valence-electron chi connectivity index (χ1n) is 7.81. The van der Waals surface area contributed by atoms with Crippen LogP contribution in [0.1, 0.15) is 5.56 Å². The average molecular weight is 401 g/mol. The summed E-state index contributed by atoms with van der Waals surface area (Å²) in [6.45, 7) is 0. The van der Waals surface area contributed by atoms with Gasteiger partial charge in [0.15, 0.2) is 5.11 Å². The Bertz CT molecular complexity index is 1040. The third-order valence-corrected chi connectivity index (χ3v) is 4.20. The minimum Gasteiger partial charge on any atom is -0.496 e. The van der Waals surface area contributed by atoms with Crippen molar-refractivity contribution in [2.75, 3.05) is 12.0 Å². The summed E-state index contributed by atoms with van der Waals surface area (Å²) in [5.74, 6) is -1.78. The van der Waals surface area contributed by atoms with Crippen molar-refractivity contribution in [3.8, 4) is 5.75 Å². The van der Waals surface area contributed by atoms with Crippen molar-refractivity contribution in [2.24, 2.45) is 0 Å². The van der Waals surface area contributed by atoms with Gasteiger partial charge >= 0.3 is 0 Å². The molecular formula is C18H12FN3O5S. The number of nitro benzene ring substituents is 1. The molecule has 142 valence electrons. The number of nitrogens with one attached hydrogen (secondary N) is 1. The summed E-state index contributed by atoms with van der Waals surface area (Å²) >= 11 is 5.06. The molecule has 1 saturated heterocycles. The maximum Gasteiger partial charge on any atom is 0.270 e. The molecule has 0 aliphatic carbocycles. The zero-order valence-electron chi connectivity index (χ0n) is 14.3. The molecule has 1 N–H and O–H groups in total. The molecule has 2 aromatic carbocycles. The highest BCUT2D eigenvalue weighted by Crippen LogP contribution is 2.28. The van der Waals surface area contributed by atoms with E-state index in [0.717, 1.165) is 17.0 Å². The Kier molecular flexibility index (Phi) is 5.14. The standard InChI is InChI=1S/C18H12FN3O5S/c1-27-15-7-6-13(22(25)26)8-10(15)9-14-16(23)20-18(28)21(17(14)24)12-4-2-11(19)3-5-12/h2-9H,1H3,(H,20,23,28)/b14-9+. The lowest BCUT2D eigenvalue weighted by atomic mass is 10.1. The molecule has 0 bridgehead atoms. The second-order valence-corrected chi connectivity index (χ2v) is 6.00. The van der Waals surface area contributed by atoms with Crippen molar-refractivity contribution in [1.29, 1.82) is 0 Å². The van der Waals surface area contributed by atoms with Crippen LogP contribution in [-0.2, 0) is 9.59 Å². The first kappa shape index (κ1) is 19.1. The lowest BCUT2D eigenvalue weighted by Crippen LogP contribution is -2.54. The van der Waals surface area contributed by atoms with Crippen molar-refractivity contribution in [1.82, 2.24) is 5.32 Å². The molecule has 0 aromatic heterocycles. The van der Waals surface area contributed by atoms with Gasteiger partial charge in [-0.15, -0.1) is 0 Å². The van der Waals surface area contributed by atoms with Crippen molar-refractivity contribution in [3.05, 3.63) is 69.5 Å². The Morgan fingerprint density at radius 3 is 2.50 bits per heavy atom. The fraction of sp³-hybridized carbons (Fsp3) is 0.0556. The highest BCUT2D eigenvalue weighted by molar-refractivity contribution is 7.80. The smallest absolute Gasteiger partial charge is 0.270 e. The summed E-state index contributed by atoms with van der Waals surface area (Å²) in [6.07, 6.45) is 1.18. The van der Waals surface area contributed by atoms with Gasteiger partial charge in [-0.1, -0.05) is 0 Å². The number of ether oxygens (including phenoxy) is 1. The molecule has 1 heterocycles. The van der Waals surface area contributed by atoms with Crippen LogP contribution in [0.15, 0.2) is 48.0 Å². The van der Waals surface area contributed by atoms with Crippen LogP contribution in [0, 0.1) is 15.9 Å². The molecule has 28 heavy (non-hydrogen) atoms. The minimum absolute atomic E-state index is 0.162. The van der Waals surface area contributed by atoms with Gasteiger partial charge in [-0.05, 0) is 48.6 Å². The molecule has 0 atom stereocenters. The summed E-state index contributed by atoms with van der Waals surface area (Å²) in [7, 11) is 1.35. The van der Waals surface area contributed by atoms with Crippen molar-refractivity contribution in [3.63, 3.8) is 0 Å². The number of hydrogen-bond donors (Lipinski definition) is 1. The number of hydrogen-bond acceptors (Lipinski definition) is 6. The normalized spacial score (nSPS) is 15.6. The van der Waals surface area contributed by atoms with Crippen molar-refractivity contribution >= 4 is 46.6 Å². The number of nitrogens with zero attached hydrogens (tertiary/aromatic N) is 2. The van der Waals surface area contributed by atoms with Gasteiger partial charge < -0.3 is 4.74 Å². The summed E-state index contributed by atoms with van der Waals surface area (Å²) in [4.78, 5) is 36.7. The van der Waals surface area contributed by atoms with Crippen molar-refractivity contribution in [2.45, 2.75) is 0 Å². The predicted molar refractivity (Wildman–Crippen MR) is 102 cm³/mol. The van der Waals surface area contributed by atoms with Gasteiger partial charge in [0.05, 0.1) is 17.7 Å². The summed E-state index contributed by atoms with van der Waals surface area (Å²) in [5, 5.41) is 13.2. The number of carbonyl (C=O) groups is 2. The number of nitro groups is 1. The van der Waals surface area contributed by atoms with E-state index >= 15 is 0 Å². The second-order valence-electron chi connectivity index (χ2n) is 5.62. The maximum atomic E-state index is 13.2. The van der Waals surface area contributed by atoms with E-state index in [9.17, 15) is 24.1 Å². The van der Waals surface area contributed by atoms with Gasteiger partial charge in [0.1, 0.15) is 17.1 Å². The van der Waals surface area contributed by atoms with Gasteiger partial charge in [-0.25, -0.2) is 4.39 Å². The Morgan fingerprint density at radius 2 is 1.89 bits per heavy atom. The van der Waals surface area contributed by atoms with E-state index < -0.39 is 22.6 Å². The van der Waals surface area contributed by atoms with Crippen LogP contribution in [-0.4, -0.2) is 29.0 Å². The minimum atomic E-state index is -0.762. The van der Waals surface area contributed by atoms with Crippen LogP contribution in [0.3, 0.4) is 0 Å². The van der Waals surface area contributed by atoms with E-state index in [2.05, 4.69) is 5.32 Å². The fourth-order valence-electron chi connectivity index (χ4n) is 2.59. The number of benzene rings is 2. The van der Waals surface area contributed by atoms with Crippen LogP contribution in [0.5, 0.6) is 5.75 Å². The molecule has 0 spiro atoms. The van der Waals surface area contributed by atoms with E-state index in [4.69, 9.17) is 17.0 Å². The average Bonchev–Trinajstić information content (AvgIpc) is 2.66. The first-order valence-corrected chi connectivity index (χ1v) is 8.22. The number of rotatable bonds is 4. The number of thiocarbonyl (C=S) groups is 1. The highest BCUT2D eigenvalue weighted by Gasteiger charge is 2.34. The van der Waals surface area contributed by atoms with Crippen LogP contribution in [0.25, 0.3) is 6.08 Å². The molecule has 0 unspecified atom stereocenters. The highest BCUT2D eigenvalue weighted by atomic mass is 32.1. The van der Waals surface area contributed by atoms with Gasteiger partial charge in [0.25, 0.3) is 17.5 Å². The van der Waals surface area contributed by atoms with Crippen LogP contribution in [0.2, 0.25) is 0 Å². The van der Waals surface area contributed by atoms with E-state index in [1.165, 1.54) is 43.5 Å². The predicted octanol–water partition coefficient (Wildman–Crippen LogP) is 2.57. The van der Waals surface area contributed by atoms with Gasteiger partial charge in [-0.2, -0.15) is 0 Å². The number of anilines is 1. The number of methoxy groups -OCH3 is 1. The fourth-order valence-corrected chi connectivity index (χ4v) is 2.87. The summed E-state index contributed by atoms with van der Waals surface area (Å²) < 4.78 is 18.3. The molecule has 0 saturated carbocycles. The van der Waals surface area contributed by atoms with Gasteiger partial charge in [0, 0.05) is 17.7 Å². The van der Waals surface area contributed by atoms with E-state index in [0.29, 0.717) is 0 Å². The summed E-state index contributed by atoms with van der Waals surface area (Å²) in [6, 6.07) is 8.75. The number of amides is 2. The molecule has 1 fully saturated rings. The molecule has 2 aromatic rings. The number of non-ortho nitro benzene ring substituents is 1. The largest absolute Gasteiger partial charge is 0.496 e. The Morgan fingerprint density at radius 1 is 1.21 bits per heavy atom. The van der Waals surface area contributed by atoms with Gasteiger partial charge in [0.2, 0.25) is 0 Å². The van der Waals surface area contributed by atoms with Crippen LogP contribution in [0.4, 0.5) is 15.8 Å². The molecule has 0 radical (unpaired) electrons. The Balaban J connectivity index is 2.08. The van der Waals surface area contributed by atoms with Crippen molar-refractivity contribution < 1.29 is 23.6 Å². The topological polar surface area (TPSA) is 102 Å². The van der Waals surface area contributed by atoms with E-state index in [1.807, 2.05) is 0 Å². The zero-order valence-corrected chi connectivity index (χ0v) is 15.2. The summed E-state index contributed by atoms with van der Waals surface area (Å²) in [5.41, 5.74) is -0.116. The van der Waals surface area contributed by atoms with Crippen LogP contribution >= 0.6 is 12.2 Å². The number of halogens is 1. The molecule has 8 nitrogen and oxygen atoms in total. The third kappa shape index (κ3) is 3.58. The maximum absolute atomic E-state index is 13.2. The first-order chi connectivity index (χ1) is 13.3. The SMILES string of the molecule is COc1ccc([N+](=O)[O-])cc1/C=C1\C(=O)NC(=S)N(c2ccc(F)cc2)C1=O. The molecule has 1 aliphatic heterocycles. The quantitative estimate of drug-likeness (QED) is 0.278. The monoisotopic (exact) mass is 401 g/mol. The molecular weight excluding hydrogens is 389 g/mol. The lowest BCUT2D eigenvalue weighted by Gasteiger charge is -2.29. The molecule has 1 aliphatic rings. The van der Waals surface area contributed by atoms with Gasteiger partial charge in [-0.3, -0.25) is 29.9 Å². The second kappa shape index (κ2) is 7.53. The lowest BCUT2D eigenvalue weighted by molar-refractivity contribution is -0.384. The Labute approximate surface area is 163 Å². The van der Waals surface area contributed by atoms with E-state index in [-0.39, 0.29) is 33.4 Å². The molecule has 10 heteroatoms. The zero-order chi connectivity index (χ0) is 20.4. The Hall–Kier alpha value is -3.66. The molecule has 3 rings (SSSR count). The molecule has 2 amide bonds. The van der Waals surface area contributed by atoms with Crippen LogP contribution < -0.4 is 15.0 Å². The van der Waals surface area contributed by atoms with E-state index in [1.54, 1.807) is 0 Å².